The molecule has 1 aliphatic rings. The fourth-order valence-corrected chi connectivity index (χ4v) is 3.08. The Hall–Kier alpha value is -1.60. The molecule has 1 nitrogen and oxygen atoms in total. The zero-order chi connectivity index (χ0) is 13.4. The summed E-state index contributed by atoms with van der Waals surface area (Å²) in [7, 11) is 0. The summed E-state index contributed by atoms with van der Waals surface area (Å²) in [6.45, 7) is 4.31. The third kappa shape index (κ3) is 2.19. The van der Waals surface area contributed by atoms with Crippen LogP contribution in [0.5, 0.6) is 0 Å². The van der Waals surface area contributed by atoms with Gasteiger partial charge in [0.05, 0.1) is 6.04 Å². The maximum Gasteiger partial charge on any atom is 0.0554 e. The van der Waals surface area contributed by atoms with E-state index in [-0.39, 0.29) is 6.04 Å². The van der Waals surface area contributed by atoms with Gasteiger partial charge in [0, 0.05) is 0 Å². The van der Waals surface area contributed by atoms with Crippen LogP contribution in [0.2, 0.25) is 0 Å². The van der Waals surface area contributed by atoms with Crippen LogP contribution in [0.1, 0.15) is 45.8 Å². The van der Waals surface area contributed by atoms with Crippen LogP contribution in [0, 0.1) is 13.8 Å². The monoisotopic (exact) mass is 251 g/mol. The van der Waals surface area contributed by atoms with E-state index in [4.69, 9.17) is 5.73 Å². The smallest absolute Gasteiger partial charge is 0.0554 e. The van der Waals surface area contributed by atoms with Crippen molar-refractivity contribution in [2.24, 2.45) is 5.73 Å². The van der Waals surface area contributed by atoms with Gasteiger partial charge in [-0.25, -0.2) is 0 Å². The summed E-state index contributed by atoms with van der Waals surface area (Å²) in [6, 6.07) is 13.2. The van der Waals surface area contributed by atoms with E-state index < -0.39 is 0 Å². The van der Waals surface area contributed by atoms with Crippen molar-refractivity contribution >= 4 is 0 Å². The summed E-state index contributed by atoms with van der Waals surface area (Å²) in [5.74, 6) is 0. The molecule has 0 radical (unpaired) electrons. The van der Waals surface area contributed by atoms with Crippen molar-refractivity contribution in [3.8, 4) is 0 Å². The predicted octanol–water partition coefficient (Wildman–Crippen LogP) is 3.84. The van der Waals surface area contributed by atoms with E-state index in [1.54, 1.807) is 0 Å². The fraction of sp³-hybridized carbons (Fsp3) is 0.333. The lowest BCUT2D eigenvalue weighted by Gasteiger charge is -2.17. The van der Waals surface area contributed by atoms with Crippen molar-refractivity contribution in [2.75, 3.05) is 0 Å². The van der Waals surface area contributed by atoms with Crippen LogP contribution in [0.4, 0.5) is 0 Å². The highest BCUT2D eigenvalue weighted by Gasteiger charge is 2.16. The van der Waals surface area contributed by atoms with E-state index in [0.717, 1.165) is 0 Å². The number of benzene rings is 2. The fourth-order valence-electron chi connectivity index (χ4n) is 3.08. The molecular formula is C18H21N. The van der Waals surface area contributed by atoms with E-state index >= 15 is 0 Å². The molecule has 2 aromatic rings. The molecule has 1 atom stereocenters. The second-order valence-corrected chi connectivity index (χ2v) is 5.65. The lowest BCUT2D eigenvalue weighted by molar-refractivity contribution is 0.855. The predicted molar refractivity (Wildman–Crippen MR) is 80.4 cm³/mol. The van der Waals surface area contributed by atoms with E-state index in [1.807, 2.05) is 0 Å². The molecule has 98 valence electrons. The summed E-state index contributed by atoms with van der Waals surface area (Å²) < 4.78 is 0. The minimum atomic E-state index is -0.00852. The molecule has 0 fully saturated rings. The molecule has 1 aliphatic carbocycles. The van der Waals surface area contributed by atoms with Gasteiger partial charge in [-0.2, -0.15) is 0 Å². The quantitative estimate of drug-likeness (QED) is 0.862. The maximum atomic E-state index is 6.48. The standard InChI is InChI=1S/C18H21N/c1-12-5-3-8-17(13(12)2)18(19)16-10-9-14-6-4-7-15(14)11-16/h3,5,8-11,18H,4,6-7,19H2,1-2H3. The van der Waals surface area contributed by atoms with E-state index in [9.17, 15) is 0 Å². The van der Waals surface area contributed by atoms with Gasteiger partial charge in [-0.1, -0.05) is 36.4 Å². The Balaban J connectivity index is 2.00. The van der Waals surface area contributed by atoms with Crippen molar-refractivity contribution in [2.45, 2.75) is 39.2 Å². The number of nitrogens with two attached hydrogens (primary N) is 1. The molecule has 0 saturated carbocycles. The third-order valence-corrected chi connectivity index (χ3v) is 4.46. The first-order valence-corrected chi connectivity index (χ1v) is 7.10. The molecule has 0 aromatic heterocycles. The highest BCUT2D eigenvalue weighted by Crippen LogP contribution is 2.29. The Morgan fingerprint density at radius 3 is 2.63 bits per heavy atom. The number of hydrogen-bond donors (Lipinski definition) is 1. The average Bonchev–Trinajstić information content (AvgIpc) is 2.88. The first-order chi connectivity index (χ1) is 9.16. The normalized spacial score (nSPS) is 15.3. The molecule has 0 heterocycles. The lowest BCUT2D eigenvalue weighted by atomic mass is 9.92. The molecule has 0 bridgehead atoms. The Bertz CT molecular complexity index is 613. The van der Waals surface area contributed by atoms with Gasteiger partial charge in [-0.05, 0) is 66.5 Å². The molecule has 1 unspecified atom stereocenters. The van der Waals surface area contributed by atoms with Crippen LogP contribution in [0.3, 0.4) is 0 Å². The molecule has 0 spiro atoms. The number of rotatable bonds is 2. The van der Waals surface area contributed by atoms with Crippen molar-refractivity contribution < 1.29 is 0 Å². The van der Waals surface area contributed by atoms with E-state index in [0.29, 0.717) is 0 Å². The highest BCUT2D eigenvalue weighted by atomic mass is 14.6. The molecule has 1 heteroatoms. The van der Waals surface area contributed by atoms with Crippen LogP contribution in [0.15, 0.2) is 36.4 Å². The van der Waals surface area contributed by atoms with Gasteiger partial charge >= 0.3 is 0 Å². The molecule has 0 aliphatic heterocycles. The van der Waals surface area contributed by atoms with Gasteiger partial charge < -0.3 is 5.73 Å². The summed E-state index contributed by atoms with van der Waals surface area (Å²) in [6.07, 6.45) is 3.73. The third-order valence-electron chi connectivity index (χ3n) is 4.46. The summed E-state index contributed by atoms with van der Waals surface area (Å²) in [5, 5.41) is 0. The van der Waals surface area contributed by atoms with Crippen molar-refractivity contribution in [1.82, 2.24) is 0 Å². The number of hydrogen-bond acceptors (Lipinski definition) is 1. The van der Waals surface area contributed by atoms with Crippen molar-refractivity contribution in [1.29, 1.82) is 0 Å². The van der Waals surface area contributed by atoms with Gasteiger partial charge in [0.1, 0.15) is 0 Å². The highest BCUT2D eigenvalue weighted by molar-refractivity contribution is 5.43. The Kier molecular flexibility index (Phi) is 3.16. The van der Waals surface area contributed by atoms with Crippen LogP contribution in [-0.2, 0) is 12.8 Å². The molecule has 19 heavy (non-hydrogen) atoms. The topological polar surface area (TPSA) is 26.0 Å². The first kappa shape index (κ1) is 12.4. The SMILES string of the molecule is Cc1cccc(C(N)c2ccc3c(c2)CCC3)c1C. The molecule has 2 aromatic carbocycles. The Morgan fingerprint density at radius 1 is 1.00 bits per heavy atom. The zero-order valence-electron chi connectivity index (χ0n) is 11.7. The van der Waals surface area contributed by atoms with Gasteiger partial charge in [-0.15, -0.1) is 0 Å². The lowest BCUT2D eigenvalue weighted by Crippen LogP contribution is -2.14. The van der Waals surface area contributed by atoms with Crippen molar-refractivity contribution in [3.05, 3.63) is 69.8 Å². The van der Waals surface area contributed by atoms with Crippen LogP contribution in [0.25, 0.3) is 0 Å². The average molecular weight is 251 g/mol. The van der Waals surface area contributed by atoms with Crippen LogP contribution < -0.4 is 5.73 Å². The Morgan fingerprint density at radius 2 is 1.79 bits per heavy atom. The van der Waals surface area contributed by atoms with Gasteiger partial charge in [0.15, 0.2) is 0 Å². The second-order valence-electron chi connectivity index (χ2n) is 5.65. The minimum Gasteiger partial charge on any atom is -0.320 e. The van der Waals surface area contributed by atoms with E-state index in [1.165, 1.54) is 52.6 Å². The summed E-state index contributed by atoms with van der Waals surface area (Å²) in [4.78, 5) is 0. The molecule has 0 amide bonds. The molecule has 0 saturated heterocycles. The first-order valence-electron chi connectivity index (χ1n) is 7.10. The van der Waals surface area contributed by atoms with Gasteiger partial charge in [0.2, 0.25) is 0 Å². The largest absolute Gasteiger partial charge is 0.320 e. The maximum absolute atomic E-state index is 6.48. The van der Waals surface area contributed by atoms with Crippen molar-refractivity contribution in [3.63, 3.8) is 0 Å². The van der Waals surface area contributed by atoms with E-state index in [2.05, 4.69) is 50.2 Å². The zero-order valence-corrected chi connectivity index (χ0v) is 11.7. The molecular weight excluding hydrogens is 230 g/mol. The van der Waals surface area contributed by atoms with Gasteiger partial charge in [0.25, 0.3) is 0 Å². The number of aryl methyl sites for hydroxylation is 3. The summed E-state index contributed by atoms with van der Waals surface area (Å²) >= 11 is 0. The van der Waals surface area contributed by atoms with Gasteiger partial charge in [-0.3, -0.25) is 0 Å². The second kappa shape index (κ2) is 4.82. The summed E-state index contributed by atoms with van der Waals surface area (Å²) in [5.41, 5.74) is 14.6. The Labute approximate surface area is 115 Å². The molecule has 3 rings (SSSR count). The minimum absolute atomic E-state index is 0.00852. The molecule has 2 N–H and O–H groups in total. The number of fused-ring (bicyclic) bond motifs is 1. The van der Waals surface area contributed by atoms with Crippen LogP contribution >= 0.6 is 0 Å². The van der Waals surface area contributed by atoms with Crippen LogP contribution in [-0.4, -0.2) is 0 Å².